The van der Waals surface area contributed by atoms with E-state index in [1.165, 1.54) is 0 Å². The number of rotatable bonds is 2. The molecule has 0 unspecified atom stereocenters. The molecule has 0 fully saturated rings. The van der Waals surface area contributed by atoms with Gasteiger partial charge in [-0.3, -0.25) is 0 Å². The van der Waals surface area contributed by atoms with Gasteiger partial charge in [0.25, 0.3) is 0 Å². The lowest BCUT2D eigenvalue weighted by Gasteiger charge is -2.03. The van der Waals surface area contributed by atoms with Crippen LogP contribution in [0.5, 0.6) is 11.5 Å². The third-order valence-corrected chi connectivity index (χ3v) is 4.03. The van der Waals surface area contributed by atoms with Gasteiger partial charge in [0, 0.05) is 0 Å². The van der Waals surface area contributed by atoms with Gasteiger partial charge in [0.1, 0.15) is 5.03 Å². The molecule has 24 heavy (non-hydrogen) atoms. The summed E-state index contributed by atoms with van der Waals surface area (Å²) in [5, 5.41) is 0.985. The number of hydrogen-bond acceptors (Lipinski definition) is 5. The zero-order chi connectivity index (χ0) is 16.7. The quantitative estimate of drug-likeness (QED) is 0.680. The van der Waals surface area contributed by atoms with Crippen molar-refractivity contribution < 1.29 is 13.9 Å². The van der Waals surface area contributed by atoms with Crippen LogP contribution in [0.25, 0.3) is 22.0 Å². The van der Waals surface area contributed by atoms with Crippen LogP contribution in [-0.2, 0) is 0 Å². The molecule has 2 aromatic carbocycles. The number of para-hydroxylation sites is 1. The fourth-order valence-electron chi connectivity index (χ4n) is 2.40. The van der Waals surface area contributed by atoms with Gasteiger partial charge >= 0.3 is 5.63 Å². The molecule has 5 nitrogen and oxygen atoms in total. The molecule has 1 aliphatic rings. The summed E-state index contributed by atoms with van der Waals surface area (Å²) in [5.41, 5.74) is 0.691. The minimum absolute atomic E-state index is 0.0363. The van der Waals surface area contributed by atoms with Crippen LogP contribution in [0.15, 0.2) is 45.6 Å². The number of hydrogen-bond donors (Lipinski definition) is 0. The Morgan fingerprint density at radius 2 is 2.04 bits per heavy atom. The molecule has 1 aromatic heterocycles. The van der Waals surface area contributed by atoms with Crippen molar-refractivity contribution in [1.29, 1.82) is 0 Å². The molecule has 0 aliphatic carbocycles. The Balaban J connectivity index is 1.79. The molecule has 1 aliphatic heterocycles. The molecule has 3 aromatic rings. The molecule has 7 heteroatoms. The summed E-state index contributed by atoms with van der Waals surface area (Å²) in [4.78, 5) is 16.3. The van der Waals surface area contributed by atoms with Crippen molar-refractivity contribution in [3.8, 4) is 11.5 Å². The maximum Gasteiger partial charge on any atom is 0.347 e. The Morgan fingerprint density at radius 3 is 2.92 bits per heavy atom. The normalized spacial score (nSPS) is 13.5. The first kappa shape index (κ1) is 15.1. The van der Waals surface area contributed by atoms with Crippen molar-refractivity contribution in [3.05, 3.63) is 63.3 Å². The van der Waals surface area contributed by atoms with E-state index in [1.54, 1.807) is 42.5 Å². The molecule has 0 bridgehead atoms. The van der Waals surface area contributed by atoms with E-state index < -0.39 is 5.63 Å². The van der Waals surface area contributed by atoms with Gasteiger partial charge in [-0.15, -0.1) is 0 Å². The van der Waals surface area contributed by atoms with Gasteiger partial charge in [0.05, 0.1) is 15.9 Å². The van der Waals surface area contributed by atoms with Crippen LogP contribution in [0.2, 0.25) is 5.02 Å². The average Bonchev–Trinajstić information content (AvgIpc) is 3.04. The highest BCUT2D eigenvalue weighted by Crippen LogP contribution is 2.40. The highest BCUT2D eigenvalue weighted by molar-refractivity contribution is 6.50. The van der Waals surface area contributed by atoms with Crippen LogP contribution in [0.4, 0.5) is 0 Å². The summed E-state index contributed by atoms with van der Waals surface area (Å²) in [6, 6.07) is 10.3. The van der Waals surface area contributed by atoms with Gasteiger partial charge in [-0.2, -0.15) is 0 Å². The molecule has 0 radical (unpaired) electrons. The topological polar surface area (TPSA) is 61.6 Å². The third-order valence-electron chi connectivity index (χ3n) is 3.48. The summed E-state index contributed by atoms with van der Waals surface area (Å²) in [6.45, 7) is 0.122. The van der Waals surface area contributed by atoms with Crippen LogP contribution < -0.4 is 15.1 Å². The molecule has 120 valence electrons. The summed E-state index contributed by atoms with van der Waals surface area (Å²) in [6.07, 6.45) is 1.59. The number of aromatic nitrogens is 1. The average molecular weight is 362 g/mol. The van der Waals surface area contributed by atoms with Gasteiger partial charge in [-0.05, 0) is 35.9 Å². The highest BCUT2D eigenvalue weighted by atomic mass is 35.5. The molecule has 0 saturated carbocycles. The SMILES string of the molecule is O=c1oc(/C(Cl)=C/c2cc(Cl)c3c(c2)OCO3)nc2ccccc12. The molecule has 0 N–H and O–H groups in total. The van der Waals surface area contributed by atoms with E-state index in [2.05, 4.69) is 4.98 Å². The first-order valence-corrected chi connectivity index (χ1v) is 7.74. The van der Waals surface area contributed by atoms with Crippen molar-refractivity contribution in [2.45, 2.75) is 0 Å². The van der Waals surface area contributed by atoms with Crippen molar-refractivity contribution in [3.63, 3.8) is 0 Å². The second-order valence-electron chi connectivity index (χ2n) is 5.05. The van der Waals surface area contributed by atoms with Gasteiger partial charge in [0.15, 0.2) is 11.5 Å². The van der Waals surface area contributed by atoms with E-state index in [0.717, 1.165) is 0 Å². The monoisotopic (exact) mass is 361 g/mol. The molecule has 0 spiro atoms. The van der Waals surface area contributed by atoms with Crippen LogP contribution in [0.3, 0.4) is 0 Å². The minimum atomic E-state index is -0.495. The molecular weight excluding hydrogens is 353 g/mol. The van der Waals surface area contributed by atoms with Gasteiger partial charge in [-0.25, -0.2) is 9.78 Å². The number of fused-ring (bicyclic) bond motifs is 2. The number of halogens is 2. The van der Waals surface area contributed by atoms with Crippen molar-refractivity contribution >= 4 is 45.2 Å². The van der Waals surface area contributed by atoms with Gasteiger partial charge < -0.3 is 13.9 Å². The number of benzene rings is 2. The number of ether oxygens (including phenoxy) is 2. The maximum atomic E-state index is 12.0. The van der Waals surface area contributed by atoms with Crippen molar-refractivity contribution in [2.24, 2.45) is 0 Å². The van der Waals surface area contributed by atoms with E-state index in [-0.39, 0.29) is 17.7 Å². The number of nitrogens with zero attached hydrogens (tertiary/aromatic N) is 1. The summed E-state index contributed by atoms with van der Waals surface area (Å²) in [5.74, 6) is 1.07. The molecule has 2 heterocycles. The predicted molar refractivity (Wildman–Crippen MR) is 91.6 cm³/mol. The Kier molecular flexibility index (Phi) is 3.67. The van der Waals surface area contributed by atoms with Gasteiger partial charge in [0.2, 0.25) is 12.7 Å². The lowest BCUT2D eigenvalue weighted by molar-refractivity contribution is 0.174. The lowest BCUT2D eigenvalue weighted by atomic mass is 10.2. The maximum absolute atomic E-state index is 12.0. The predicted octanol–water partition coefficient (Wildman–Crippen LogP) is 4.31. The van der Waals surface area contributed by atoms with E-state index in [4.69, 9.17) is 37.1 Å². The highest BCUT2D eigenvalue weighted by Gasteiger charge is 2.18. The summed E-state index contributed by atoms with van der Waals surface area (Å²) < 4.78 is 15.8. The van der Waals surface area contributed by atoms with E-state index >= 15 is 0 Å². The smallest absolute Gasteiger partial charge is 0.347 e. The first-order valence-electron chi connectivity index (χ1n) is 6.98. The fraction of sp³-hybridized carbons (Fsp3) is 0.0588. The van der Waals surface area contributed by atoms with Crippen molar-refractivity contribution in [2.75, 3.05) is 6.79 Å². The fourth-order valence-corrected chi connectivity index (χ4v) is 2.88. The first-order chi connectivity index (χ1) is 11.6. The van der Waals surface area contributed by atoms with Crippen LogP contribution >= 0.6 is 23.2 Å². The minimum Gasteiger partial charge on any atom is -0.454 e. The Labute approximate surface area is 146 Å². The zero-order valence-corrected chi connectivity index (χ0v) is 13.6. The molecule has 4 rings (SSSR count). The standard InChI is InChI=1S/C17H9Cl2NO4/c18-11-5-9(7-14-15(11)23-8-22-14)6-12(19)16-20-13-4-2-1-3-10(13)17(21)24-16/h1-7H,8H2/b12-6-. The molecule has 0 amide bonds. The Hall–Kier alpha value is -2.50. The van der Waals surface area contributed by atoms with Crippen molar-refractivity contribution in [1.82, 2.24) is 4.98 Å². The van der Waals surface area contributed by atoms with E-state index in [1.807, 2.05) is 0 Å². The Morgan fingerprint density at radius 1 is 1.21 bits per heavy atom. The second-order valence-corrected chi connectivity index (χ2v) is 5.87. The molecule has 0 saturated heterocycles. The van der Waals surface area contributed by atoms with E-state index in [0.29, 0.717) is 33.0 Å². The van der Waals surface area contributed by atoms with Crippen LogP contribution in [0, 0.1) is 0 Å². The summed E-state index contributed by atoms with van der Waals surface area (Å²) in [7, 11) is 0. The van der Waals surface area contributed by atoms with Crippen LogP contribution in [0.1, 0.15) is 11.5 Å². The Bertz CT molecular complexity index is 1040. The lowest BCUT2D eigenvalue weighted by Crippen LogP contribution is -2.03. The summed E-state index contributed by atoms with van der Waals surface area (Å²) >= 11 is 12.4. The third kappa shape index (κ3) is 2.62. The zero-order valence-electron chi connectivity index (χ0n) is 12.1. The van der Waals surface area contributed by atoms with E-state index in [9.17, 15) is 4.79 Å². The molecular formula is C17H9Cl2NO4. The van der Waals surface area contributed by atoms with Gasteiger partial charge in [-0.1, -0.05) is 35.3 Å². The van der Waals surface area contributed by atoms with Crippen LogP contribution in [-0.4, -0.2) is 11.8 Å². The molecule has 0 atom stereocenters. The largest absolute Gasteiger partial charge is 0.454 e. The second kappa shape index (κ2) is 5.85.